The number of hydrogen-bond donors (Lipinski definition) is 3. The number of para-hydroxylation sites is 1. The molecule has 0 amide bonds. The van der Waals surface area contributed by atoms with Gasteiger partial charge in [0, 0.05) is 24.9 Å². The third-order valence-corrected chi connectivity index (χ3v) is 7.10. The number of carboxylic acids is 1. The normalized spacial score (nSPS) is 19.9. The van der Waals surface area contributed by atoms with Crippen molar-refractivity contribution >= 4 is 22.7 Å². The Kier molecular flexibility index (Phi) is 7.24. The summed E-state index contributed by atoms with van der Waals surface area (Å²) in [5.41, 5.74) is 2.43. The standard InChI is InChI=1S/C26H30FN5O4/c27-21-5-1-4-20-23(21)29-15-30-25(20)36-32(22(10-12-33)26(34)35)19-13-16(14-19)6-8-18-9-7-17-3-2-11-28-24(17)31-18/h1,4-5,7,9,15-16,19,22,33H,2-3,6,8,10-14H2,(H,28,31)(H,34,35)/t16?,19?,22-/m0/s1. The topological polar surface area (TPSA) is 121 Å². The number of anilines is 1. The first-order chi connectivity index (χ1) is 17.5. The molecule has 2 aromatic heterocycles. The molecule has 2 aliphatic rings. The maximum atomic E-state index is 14.2. The first-order valence-electron chi connectivity index (χ1n) is 12.5. The van der Waals surface area contributed by atoms with E-state index in [4.69, 9.17) is 9.82 Å². The Balaban J connectivity index is 1.28. The first kappa shape index (κ1) is 24.3. The van der Waals surface area contributed by atoms with Gasteiger partial charge in [-0.2, -0.15) is 4.98 Å². The van der Waals surface area contributed by atoms with Gasteiger partial charge in [-0.05, 0) is 74.6 Å². The molecular formula is C26H30FN5O4. The Labute approximate surface area is 208 Å². The van der Waals surface area contributed by atoms with Crippen molar-refractivity contribution in [2.45, 2.75) is 57.0 Å². The highest BCUT2D eigenvalue weighted by Gasteiger charge is 2.41. The predicted molar refractivity (Wildman–Crippen MR) is 131 cm³/mol. The predicted octanol–water partition coefficient (Wildman–Crippen LogP) is 3.36. The second-order valence-corrected chi connectivity index (χ2v) is 9.50. The Morgan fingerprint density at radius 1 is 1.25 bits per heavy atom. The van der Waals surface area contributed by atoms with Gasteiger partial charge in [0.05, 0.1) is 5.39 Å². The molecule has 1 atom stereocenters. The Bertz CT molecular complexity index is 1240. The van der Waals surface area contributed by atoms with Crippen molar-refractivity contribution in [1.29, 1.82) is 0 Å². The monoisotopic (exact) mass is 495 g/mol. The van der Waals surface area contributed by atoms with E-state index in [9.17, 15) is 19.4 Å². The highest BCUT2D eigenvalue weighted by atomic mass is 19.1. The van der Waals surface area contributed by atoms with Crippen molar-refractivity contribution in [2.75, 3.05) is 18.5 Å². The van der Waals surface area contributed by atoms with Gasteiger partial charge in [0.2, 0.25) is 5.88 Å². The second kappa shape index (κ2) is 10.7. The minimum absolute atomic E-state index is 0.0000766. The number of carboxylic acid groups (broad SMARTS) is 1. The first-order valence-corrected chi connectivity index (χ1v) is 12.5. The third-order valence-electron chi connectivity index (χ3n) is 7.10. The second-order valence-electron chi connectivity index (χ2n) is 9.50. The fourth-order valence-electron chi connectivity index (χ4n) is 5.08. The summed E-state index contributed by atoms with van der Waals surface area (Å²) >= 11 is 0. The lowest BCUT2D eigenvalue weighted by atomic mass is 9.76. The number of aliphatic hydroxyl groups is 1. The fraction of sp³-hybridized carbons (Fsp3) is 0.462. The molecule has 0 unspecified atom stereocenters. The van der Waals surface area contributed by atoms with Crippen molar-refractivity contribution in [1.82, 2.24) is 20.0 Å². The van der Waals surface area contributed by atoms with Crippen LogP contribution in [0.15, 0.2) is 36.7 Å². The van der Waals surface area contributed by atoms with Crippen LogP contribution in [0.1, 0.15) is 43.4 Å². The molecule has 1 aromatic carbocycles. The van der Waals surface area contributed by atoms with E-state index in [0.717, 1.165) is 56.6 Å². The molecule has 36 heavy (non-hydrogen) atoms. The number of nitrogens with zero attached hydrogens (tertiary/aromatic N) is 4. The van der Waals surface area contributed by atoms with E-state index in [1.165, 1.54) is 29.1 Å². The minimum Gasteiger partial charge on any atom is -0.480 e. The van der Waals surface area contributed by atoms with Crippen molar-refractivity contribution in [3.05, 3.63) is 53.7 Å². The van der Waals surface area contributed by atoms with Gasteiger partial charge >= 0.3 is 5.97 Å². The zero-order valence-corrected chi connectivity index (χ0v) is 19.9. The van der Waals surface area contributed by atoms with Crippen LogP contribution in [0.2, 0.25) is 0 Å². The number of hydroxylamine groups is 2. The number of rotatable bonds is 10. The number of aliphatic carboxylic acids is 1. The van der Waals surface area contributed by atoms with Gasteiger partial charge in [0.15, 0.2) is 0 Å². The van der Waals surface area contributed by atoms with Gasteiger partial charge < -0.3 is 20.4 Å². The lowest BCUT2D eigenvalue weighted by Gasteiger charge is -2.43. The van der Waals surface area contributed by atoms with Gasteiger partial charge in [-0.15, -0.1) is 5.06 Å². The number of aromatic nitrogens is 3. The molecule has 3 N–H and O–H groups in total. The number of halogens is 1. The van der Waals surface area contributed by atoms with Crippen molar-refractivity contribution in [2.24, 2.45) is 5.92 Å². The lowest BCUT2D eigenvalue weighted by molar-refractivity contribution is -0.187. The van der Waals surface area contributed by atoms with Gasteiger partial charge in [-0.1, -0.05) is 12.1 Å². The average Bonchev–Trinajstić information content (AvgIpc) is 2.86. The summed E-state index contributed by atoms with van der Waals surface area (Å²) in [7, 11) is 0. The number of benzene rings is 1. The van der Waals surface area contributed by atoms with Gasteiger partial charge in [-0.3, -0.25) is 4.79 Å². The molecule has 0 radical (unpaired) electrons. The smallest absolute Gasteiger partial charge is 0.324 e. The minimum atomic E-state index is -1.09. The van der Waals surface area contributed by atoms with Crippen molar-refractivity contribution in [3.63, 3.8) is 0 Å². The maximum absolute atomic E-state index is 14.2. The zero-order chi connectivity index (χ0) is 25.1. The number of nitrogens with one attached hydrogen (secondary N) is 1. The van der Waals surface area contributed by atoms with Crippen LogP contribution >= 0.6 is 0 Å². The fourth-order valence-corrected chi connectivity index (χ4v) is 5.08. The summed E-state index contributed by atoms with van der Waals surface area (Å²) < 4.78 is 14.2. The summed E-state index contributed by atoms with van der Waals surface area (Å²) in [5.74, 6) is -0.117. The lowest BCUT2D eigenvalue weighted by Crippen LogP contribution is -2.54. The van der Waals surface area contributed by atoms with E-state index in [2.05, 4.69) is 27.4 Å². The van der Waals surface area contributed by atoms with E-state index in [0.29, 0.717) is 11.3 Å². The van der Waals surface area contributed by atoms with Gasteiger partial charge in [0.25, 0.3) is 0 Å². The quantitative estimate of drug-likeness (QED) is 0.364. The van der Waals surface area contributed by atoms with Crippen molar-refractivity contribution in [3.8, 4) is 5.88 Å². The van der Waals surface area contributed by atoms with Crippen LogP contribution in [0, 0.1) is 11.7 Å². The van der Waals surface area contributed by atoms with Crippen LogP contribution in [0.4, 0.5) is 10.2 Å². The molecule has 1 fully saturated rings. The van der Waals surface area contributed by atoms with Crippen LogP contribution in [0.3, 0.4) is 0 Å². The number of fused-ring (bicyclic) bond motifs is 2. The number of pyridine rings is 1. The van der Waals surface area contributed by atoms with Crippen LogP contribution in [-0.4, -0.2) is 61.4 Å². The number of aryl methyl sites for hydroxylation is 2. The van der Waals surface area contributed by atoms with Crippen LogP contribution in [-0.2, 0) is 17.6 Å². The molecule has 3 aromatic rings. The van der Waals surface area contributed by atoms with Crippen LogP contribution in [0.5, 0.6) is 5.88 Å². The van der Waals surface area contributed by atoms with E-state index < -0.39 is 17.8 Å². The molecule has 1 aliphatic heterocycles. The van der Waals surface area contributed by atoms with E-state index in [1.54, 1.807) is 6.07 Å². The molecule has 10 heteroatoms. The van der Waals surface area contributed by atoms with E-state index in [1.807, 2.05) is 0 Å². The molecule has 1 saturated carbocycles. The molecule has 9 nitrogen and oxygen atoms in total. The average molecular weight is 496 g/mol. The summed E-state index contributed by atoms with van der Waals surface area (Å²) in [4.78, 5) is 31.0. The summed E-state index contributed by atoms with van der Waals surface area (Å²) in [5, 5.41) is 24.5. The van der Waals surface area contributed by atoms with E-state index in [-0.39, 0.29) is 30.5 Å². The summed E-state index contributed by atoms with van der Waals surface area (Å²) in [6.45, 7) is 0.653. The molecule has 190 valence electrons. The maximum Gasteiger partial charge on any atom is 0.324 e. The molecule has 0 saturated heterocycles. The Morgan fingerprint density at radius 3 is 2.92 bits per heavy atom. The molecule has 0 bridgehead atoms. The molecule has 5 rings (SSSR count). The highest BCUT2D eigenvalue weighted by molar-refractivity contribution is 5.83. The number of aliphatic hydroxyl groups excluding tert-OH is 1. The number of carbonyl (C=O) groups is 1. The zero-order valence-electron chi connectivity index (χ0n) is 19.9. The van der Waals surface area contributed by atoms with Gasteiger partial charge in [-0.25, -0.2) is 14.4 Å². The SMILES string of the molecule is O=C(O)[C@H](CCO)N(Oc1ncnc2c(F)cccc12)C1CC(CCc2ccc3c(n2)NCCC3)C1. The van der Waals surface area contributed by atoms with Crippen LogP contribution < -0.4 is 10.2 Å². The Hall–Kier alpha value is -3.37. The number of hydrogen-bond acceptors (Lipinski definition) is 8. The summed E-state index contributed by atoms with van der Waals surface area (Å²) in [6, 6.07) is 7.49. The highest BCUT2D eigenvalue weighted by Crippen LogP contribution is 2.38. The molecule has 3 heterocycles. The third kappa shape index (κ3) is 5.10. The van der Waals surface area contributed by atoms with Crippen LogP contribution in [0.25, 0.3) is 10.9 Å². The summed E-state index contributed by atoms with van der Waals surface area (Å²) in [6.07, 6.45) is 6.67. The Morgan fingerprint density at radius 2 is 2.11 bits per heavy atom. The molecular weight excluding hydrogens is 465 g/mol. The largest absolute Gasteiger partial charge is 0.480 e. The molecule has 0 spiro atoms. The van der Waals surface area contributed by atoms with E-state index >= 15 is 0 Å². The van der Waals surface area contributed by atoms with Gasteiger partial charge in [0.1, 0.15) is 29.5 Å². The van der Waals surface area contributed by atoms with Crippen molar-refractivity contribution < 1.29 is 24.2 Å². The molecule has 1 aliphatic carbocycles.